The molecule has 1 aromatic carbocycles. The first-order chi connectivity index (χ1) is 8.61. The van der Waals surface area contributed by atoms with Crippen LogP contribution < -0.4 is 4.57 Å². The fraction of sp³-hybridized carbons (Fsp3) is 0.250. The summed E-state index contributed by atoms with van der Waals surface area (Å²) in [5.41, 5.74) is 5.85. The van der Waals surface area contributed by atoms with E-state index in [0.717, 1.165) is 6.54 Å². The number of nitrogens with zero attached hydrogens (tertiary/aromatic N) is 2. The van der Waals surface area contributed by atoms with Gasteiger partial charge in [0.05, 0.1) is 0 Å². The van der Waals surface area contributed by atoms with Crippen LogP contribution in [0.15, 0.2) is 36.5 Å². The van der Waals surface area contributed by atoms with E-state index in [0.29, 0.717) is 5.69 Å². The summed E-state index contributed by atoms with van der Waals surface area (Å²) in [5, 5.41) is 9.11. The van der Waals surface area contributed by atoms with Gasteiger partial charge in [0.2, 0.25) is 0 Å². The molecule has 0 atom stereocenters. The van der Waals surface area contributed by atoms with Gasteiger partial charge in [0.15, 0.2) is 18.8 Å². The van der Waals surface area contributed by atoms with E-state index in [1.807, 2.05) is 29.0 Å². The lowest BCUT2D eigenvalue weighted by molar-refractivity contribution is -0.690. The molecule has 0 saturated carbocycles. The van der Waals surface area contributed by atoms with Crippen molar-refractivity contribution in [3.8, 4) is 6.07 Å². The molecule has 0 spiro atoms. The van der Waals surface area contributed by atoms with Crippen LogP contribution in [-0.2, 0) is 6.54 Å². The minimum Gasteiger partial charge on any atom is -0.186 e. The normalized spacial score (nSPS) is 10.1. The van der Waals surface area contributed by atoms with Gasteiger partial charge in [-0.3, -0.25) is 0 Å². The number of nitriles is 1. The lowest BCUT2D eigenvalue weighted by atomic mass is 9.99. The molecule has 0 aliphatic rings. The zero-order valence-corrected chi connectivity index (χ0v) is 11.1. The third kappa shape index (κ3) is 2.41. The molecule has 2 rings (SSSR count). The molecule has 1 aromatic heterocycles. The molecule has 0 fully saturated rings. The molecule has 0 amide bonds. The Morgan fingerprint density at radius 3 is 2.39 bits per heavy atom. The first-order valence-electron chi connectivity index (χ1n) is 6.07. The molecular formula is C16H17N2+. The third-order valence-corrected chi connectivity index (χ3v) is 3.22. The number of rotatable bonds is 2. The summed E-state index contributed by atoms with van der Waals surface area (Å²) in [6.45, 7) is 7.12. The third-order valence-electron chi connectivity index (χ3n) is 3.22. The zero-order chi connectivity index (χ0) is 13.1. The molecular weight excluding hydrogens is 220 g/mol. The second kappa shape index (κ2) is 5.01. The van der Waals surface area contributed by atoms with Crippen LogP contribution in [0.5, 0.6) is 0 Å². The van der Waals surface area contributed by atoms with Crippen molar-refractivity contribution in [3.05, 3.63) is 64.5 Å². The second-order valence-corrected chi connectivity index (χ2v) is 4.70. The summed E-state index contributed by atoms with van der Waals surface area (Å²) < 4.78 is 1.99. The lowest BCUT2D eigenvalue weighted by Gasteiger charge is -2.08. The molecule has 0 aliphatic carbocycles. The second-order valence-electron chi connectivity index (χ2n) is 4.70. The average Bonchev–Trinajstić information content (AvgIpc) is 2.34. The topological polar surface area (TPSA) is 27.7 Å². The predicted molar refractivity (Wildman–Crippen MR) is 71.1 cm³/mol. The Hall–Kier alpha value is -2.14. The number of hydrogen-bond acceptors (Lipinski definition) is 1. The average molecular weight is 237 g/mol. The SMILES string of the molecule is Cc1cc(C)c(C[n+]2ccccc2C#N)c(C)c1. The number of aromatic nitrogens is 1. The van der Waals surface area contributed by atoms with E-state index in [4.69, 9.17) is 5.26 Å². The van der Waals surface area contributed by atoms with Crippen LogP contribution in [0.2, 0.25) is 0 Å². The molecule has 0 radical (unpaired) electrons. The Morgan fingerprint density at radius 1 is 1.11 bits per heavy atom. The van der Waals surface area contributed by atoms with Crippen molar-refractivity contribution >= 4 is 0 Å². The van der Waals surface area contributed by atoms with Crippen molar-refractivity contribution in [2.24, 2.45) is 0 Å². The summed E-state index contributed by atoms with van der Waals surface area (Å²) in [4.78, 5) is 0. The highest BCUT2D eigenvalue weighted by Gasteiger charge is 2.13. The largest absolute Gasteiger partial charge is 0.283 e. The highest BCUT2D eigenvalue weighted by Crippen LogP contribution is 2.16. The minimum atomic E-state index is 0.692. The molecule has 18 heavy (non-hydrogen) atoms. The standard InChI is InChI=1S/C16H17N2/c1-12-8-13(2)16(14(3)9-12)11-18-7-5-4-6-15(18)10-17/h4-9H,11H2,1-3H3/q+1. The molecule has 90 valence electrons. The van der Waals surface area contributed by atoms with E-state index >= 15 is 0 Å². The van der Waals surface area contributed by atoms with Gasteiger partial charge in [0.25, 0.3) is 5.69 Å². The number of hydrogen-bond donors (Lipinski definition) is 0. The van der Waals surface area contributed by atoms with Crippen LogP contribution in [0.25, 0.3) is 0 Å². The summed E-state index contributed by atoms with van der Waals surface area (Å²) in [6, 6.07) is 12.3. The van der Waals surface area contributed by atoms with Crippen LogP contribution in [0.3, 0.4) is 0 Å². The molecule has 2 aromatic rings. The predicted octanol–water partition coefficient (Wildman–Crippen LogP) is 2.82. The van der Waals surface area contributed by atoms with Crippen LogP contribution in [0.1, 0.15) is 27.9 Å². The summed E-state index contributed by atoms with van der Waals surface area (Å²) >= 11 is 0. The molecule has 0 aliphatic heterocycles. The van der Waals surface area contributed by atoms with E-state index in [2.05, 4.69) is 39.0 Å². The number of benzene rings is 1. The van der Waals surface area contributed by atoms with Gasteiger partial charge >= 0.3 is 0 Å². The molecule has 0 N–H and O–H groups in total. The van der Waals surface area contributed by atoms with Crippen molar-refractivity contribution in [1.29, 1.82) is 5.26 Å². The first kappa shape index (κ1) is 12.3. The Kier molecular flexibility index (Phi) is 3.43. The molecule has 0 saturated heterocycles. The van der Waals surface area contributed by atoms with Gasteiger partial charge < -0.3 is 0 Å². The van der Waals surface area contributed by atoms with Gasteiger partial charge in [-0.15, -0.1) is 0 Å². The van der Waals surface area contributed by atoms with E-state index in [1.54, 1.807) is 0 Å². The van der Waals surface area contributed by atoms with Crippen molar-refractivity contribution in [2.45, 2.75) is 27.3 Å². The maximum atomic E-state index is 9.11. The summed E-state index contributed by atoms with van der Waals surface area (Å²) in [6.07, 6.45) is 1.96. The van der Waals surface area contributed by atoms with Gasteiger partial charge in [-0.1, -0.05) is 17.7 Å². The Bertz CT molecular complexity index is 598. The Labute approximate surface area is 108 Å². The van der Waals surface area contributed by atoms with Crippen molar-refractivity contribution in [3.63, 3.8) is 0 Å². The summed E-state index contributed by atoms with van der Waals surface area (Å²) in [5.74, 6) is 0. The van der Waals surface area contributed by atoms with E-state index in [-0.39, 0.29) is 0 Å². The van der Waals surface area contributed by atoms with Gasteiger partial charge in [0.1, 0.15) is 0 Å². The van der Waals surface area contributed by atoms with Gasteiger partial charge in [-0.2, -0.15) is 9.83 Å². The van der Waals surface area contributed by atoms with Crippen LogP contribution >= 0.6 is 0 Å². The van der Waals surface area contributed by atoms with Crippen molar-refractivity contribution in [1.82, 2.24) is 0 Å². The van der Waals surface area contributed by atoms with Crippen molar-refractivity contribution < 1.29 is 4.57 Å². The smallest absolute Gasteiger partial charge is 0.186 e. The minimum absolute atomic E-state index is 0.692. The zero-order valence-electron chi connectivity index (χ0n) is 11.1. The molecule has 0 unspecified atom stereocenters. The highest BCUT2D eigenvalue weighted by molar-refractivity contribution is 5.36. The van der Waals surface area contributed by atoms with E-state index < -0.39 is 0 Å². The molecule has 2 heteroatoms. The van der Waals surface area contributed by atoms with Crippen molar-refractivity contribution in [2.75, 3.05) is 0 Å². The number of pyridine rings is 1. The lowest BCUT2D eigenvalue weighted by Crippen LogP contribution is -2.38. The first-order valence-corrected chi connectivity index (χ1v) is 6.07. The van der Waals surface area contributed by atoms with Gasteiger partial charge in [-0.05, 0) is 38.0 Å². The fourth-order valence-corrected chi connectivity index (χ4v) is 2.35. The monoisotopic (exact) mass is 237 g/mol. The maximum absolute atomic E-state index is 9.11. The Morgan fingerprint density at radius 2 is 1.78 bits per heavy atom. The van der Waals surface area contributed by atoms with Crippen LogP contribution in [0, 0.1) is 32.1 Å². The van der Waals surface area contributed by atoms with E-state index in [1.165, 1.54) is 22.3 Å². The molecule has 0 bridgehead atoms. The van der Waals surface area contributed by atoms with Crippen LogP contribution in [-0.4, -0.2) is 0 Å². The maximum Gasteiger partial charge on any atom is 0.283 e. The van der Waals surface area contributed by atoms with Gasteiger partial charge in [0, 0.05) is 17.7 Å². The number of aryl methyl sites for hydroxylation is 3. The Balaban J connectivity index is 2.44. The van der Waals surface area contributed by atoms with E-state index in [9.17, 15) is 0 Å². The highest BCUT2D eigenvalue weighted by atomic mass is 15.0. The van der Waals surface area contributed by atoms with Crippen LogP contribution in [0.4, 0.5) is 0 Å². The summed E-state index contributed by atoms with van der Waals surface area (Å²) in [7, 11) is 0. The molecule has 1 heterocycles. The molecule has 2 nitrogen and oxygen atoms in total. The van der Waals surface area contributed by atoms with Gasteiger partial charge in [-0.25, -0.2) is 0 Å². The fourth-order valence-electron chi connectivity index (χ4n) is 2.35. The quantitative estimate of drug-likeness (QED) is 0.738.